The molecule has 1 aliphatic carbocycles. The lowest BCUT2D eigenvalue weighted by Gasteiger charge is -2.35. The number of ketones is 3. The Balaban J connectivity index is 0.734. The number of alkyl halides is 3. The van der Waals surface area contributed by atoms with Gasteiger partial charge in [0.25, 0.3) is 0 Å². The van der Waals surface area contributed by atoms with Gasteiger partial charge >= 0.3 is 6.18 Å². The van der Waals surface area contributed by atoms with Crippen LogP contribution in [0, 0.1) is 18.8 Å². The summed E-state index contributed by atoms with van der Waals surface area (Å²) in [6.45, 7) is 10.6. The smallest absolute Gasteiger partial charge is 0.384 e. The van der Waals surface area contributed by atoms with Gasteiger partial charge in [0.1, 0.15) is 0 Å². The van der Waals surface area contributed by atoms with Crippen LogP contribution >= 0.6 is 0 Å². The summed E-state index contributed by atoms with van der Waals surface area (Å²) in [5.41, 5.74) is 6.18. The fourth-order valence-electron chi connectivity index (χ4n) is 9.74. The number of hydrogen-bond acceptors (Lipinski definition) is 9. The van der Waals surface area contributed by atoms with Crippen molar-refractivity contribution in [3.63, 3.8) is 0 Å². The minimum absolute atomic E-state index is 0.121. The molecule has 11 nitrogen and oxygen atoms in total. The number of nitrogens with zero attached hydrogens (tertiary/aromatic N) is 5. The van der Waals surface area contributed by atoms with E-state index in [0.29, 0.717) is 79.0 Å². The SMILES string of the molecule is C=C1CCC(C2C(=O)c3cccc(NCCCCCCCCN4CCN(Cc5ccc(CC(=O)c6ccc(C)c(CCc7cnc8cccnn78)c6)cc5C(F)(F)F)CC4)c3C2=O)C(=O)N1. The second-order valence-electron chi connectivity index (χ2n) is 18.1. The highest BCUT2D eigenvalue weighted by Crippen LogP contribution is 2.39. The summed E-state index contributed by atoms with van der Waals surface area (Å²) in [7, 11) is 0. The number of rotatable bonds is 19. The number of allylic oxidation sites excluding steroid dienone is 1. The molecule has 8 rings (SSSR count). The first-order valence-electron chi connectivity index (χ1n) is 23.3. The number of halogens is 3. The highest BCUT2D eigenvalue weighted by molar-refractivity contribution is 6.29. The molecule has 1 amide bonds. The molecule has 0 bridgehead atoms. The topological polar surface area (TPSA) is 129 Å². The number of fused-ring (bicyclic) bond motifs is 2. The Morgan fingerprint density at radius 1 is 0.864 bits per heavy atom. The Kier molecular flexibility index (Phi) is 14.6. The van der Waals surface area contributed by atoms with Crippen LogP contribution in [0.5, 0.6) is 0 Å². The molecule has 3 aromatic carbocycles. The zero-order chi connectivity index (χ0) is 46.4. The number of nitrogens with one attached hydrogen (secondary N) is 2. The van der Waals surface area contributed by atoms with E-state index >= 15 is 0 Å². The van der Waals surface area contributed by atoms with Crippen LogP contribution in [0.2, 0.25) is 0 Å². The number of hydrogen-bond donors (Lipinski definition) is 2. The lowest BCUT2D eigenvalue weighted by atomic mass is 9.82. The maximum Gasteiger partial charge on any atom is 0.416 e. The van der Waals surface area contributed by atoms with Gasteiger partial charge in [-0.15, -0.1) is 0 Å². The highest BCUT2D eigenvalue weighted by Gasteiger charge is 2.48. The van der Waals surface area contributed by atoms with Gasteiger partial charge in [0.05, 0.1) is 34.9 Å². The minimum Gasteiger partial charge on any atom is -0.384 e. The number of carbonyl (C=O) groups excluding carboxylic acids is 4. The summed E-state index contributed by atoms with van der Waals surface area (Å²) < 4.78 is 45.2. The van der Waals surface area contributed by atoms with Crippen molar-refractivity contribution in [3.8, 4) is 0 Å². The molecule has 0 saturated carbocycles. The van der Waals surface area contributed by atoms with Crippen molar-refractivity contribution in [2.75, 3.05) is 44.6 Å². The van der Waals surface area contributed by atoms with Gasteiger partial charge in [-0.1, -0.05) is 68.7 Å². The number of aromatic nitrogens is 3. The molecule has 346 valence electrons. The average molecular weight is 902 g/mol. The number of unbranched alkanes of at least 4 members (excludes halogenated alkanes) is 5. The van der Waals surface area contributed by atoms with Crippen LogP contribution < -0.4 is 10.6 Å². The van der Waals surface area contributed by atoms with Crippen LogP contribution in [0.1, 0.15) is 116 Å². The summed E-state index contributed by atoms with van der Waals surface area (Å²) in [6, 6.07) is 18.9. The van der Waals surface area contributed by atoms with E-state index in [1.165, 1.54) is 0 Å². The Labute approximate surface area is 383 Å². The number of carbonyl (C=O) groups is 4. The zero-order valence-electron chi connectivity index (χ0n) is 37.6. The van der Waals surface area contributed by atoms with Gasteiger partial charge in [-0.3, -0.25) is 24.1 Å². The first-order valence-corrected chi connectivity index (χ1v) is 23.3. The van der Waals surface area contributed by atoms with Crippen LogP contribution in [0.4, 0.5) is 18.9 Å². The van der Waals surface area contributed by atoms with Gasteiger partial charge in [-0.05, 0) is 105 Å². The van der Waals surface area contributed by atoms with Crippen LogP contribution in [-0.4, -0.2) is 86.9 Å². The molecule has 2 unspecified atom stereocenters. The van der Waals surface area contributed by atoms with Gasteiger partial charge in [0.15, 0.2) is 23.0 Å². The van der Waals surface area contributed by atoms with Gasteiger partial charge in [0.2, 0.25) is 5.91 Å². The van der Waals surface area contributed by atoms with Crippen molar-refractivity contribution in [3.05, 3.63) is 142 Å². The first kappa shape index (κ1) is 46.5. The van der Waals surface area contributed by atoms with E-state index in [9.17, 15) is 32.3 Å². The number of piperazine rings is 1. The van der Waals surface area contributed by atoms with Crippen molar-refractivity contribution in [1.82, 2.24) is 29.7 Å². The van der Waals surface area contributed by atoms with Gasteiger partial charge in [-0.2, -0.15) is 18.3 Å². The average Bonchev–Trinajstić information content (AvgIpc) is 3.83. The molecule has 2 fully saturated rings. The number of imidazole rings is 1. The summed E-state index contributed by atoms with van der Waals surface area (Å²) in [5.74, 6) is -2.75. The molecule has 5 aromatic rings. The number of Topliss-reactive ketones (excluding diaryl/α,β-unsaturated/α-hetero) is 3. The molecule has 2 aromatic heterocycles. The van der Waals surface area contributed by atoms with E-state index in [-0.39, 0.29) is 41.8 Å². The standard InChI is InChI=1S/C52H58F3N7O4/c1-34-14-17-38(31-37(34)19-20-40-32-57-46-13-10-23-58-62(40)46)45(63)30-36-16-18-39(43(29-36)52(53,54)55)33-61-27-25-60(26-28-61)24-8-6-4-3-5-7-22-56-44-12-9-11-41-47(44)50(65)48(49(41)64)42-21-15-35(2)59-51(42)66/h9-14,16-18,23,29,31-32,42,48,56H,2-8,15,19-22,24-28,30,33H2,1H3,(H,59,66). The highest BCUT2D eigenvalue weighted by atomic mass is 19.4. The van der Waals surface area contributed by atoms with Crippen molar-refractivity contribution >= 4 is 34.6 Å². The van der Waals surface area contributed by atoms with Gasteiger partial charge in [-0.25, -0.2) is 9.50 Å². The van der Waals surface area contributed by atoms with Gasteiger partial charge < -0.3 is 15.5 Å². The Morgan fingerprint density at radius 2 is 1.64 bits per heavy atom. The van der Waals surface area contributed by atoms with Crippen LogP contribution in [-0.2, 0) is 36.8 Å². The third-order valence-corrected chi connectivity index (χ3v) is 13.5. The second-order valence-corrected chi connectivity index (χ2v) is 18.1. The number of anilines is 1. The predicted octanol–water partition coefficient (Wildman–Crippen LogP) is 8.87. The number of benzene rings is 3. The second kappa shape index (κ2) is 20.7. The molecule has 66 heavy (non-hydrogen) atoms. The summed E-state index contributed by atoms with van der Waals surface area (Å²) in [6.07, 6.45) is 7.44. The molecule has 2 saturated heterocycles. The number of amides is 1. The van der Waals surface area contributed by atoms with Crippen LogP contribution in [0.15, 0.2) is 91.4 Å². The number of piperidine rings is 1. The first-order chi connectivity index (χ1) is 31.8. The fraction of sp³-hybridized carbons (Fsp3) is 0.423. The lowest BCUT2D eigenvalue weighted by Crippen LogP contribution is -2.46. The lowest BCUT2D eigenvalue weighted by molar-refractivity contribution is -0.138. The molecule has 2 aliphatic heterocycles. The molecule has 4 heterocycles. The minimum atomic E-state index is -4.54. The Hall–Kier alpha value is -5.99. The van der Waals surface area contributed by atoms with E-state index in [4.69, 9.17) is 0 Å². The zero-order valence-corrected chi connectivity index (χ0v) is 37.6. The maximum atomic E-state index is 14.5. The summed E-state index contributed by atoms with van der Waals surface area (Å²) in [5, 5.41) is 10.5. The molecule has 0 radical (unpaired) electrons. The number of aryl methyl sites for hydroxylation is 3. The molecule has 2 atom stereocenters. The molecule has 2 N–H and O–H groups in total. The van der Waals surface area contributed by atoms with Crippen molar-refractivity contribution in [2.24, 2.45) is 11.8 Å². The third kappa shape index (κ3) is 10.8. The van der Waals surface area contributed by atoms with E-state index in [0.717, 1.165) is 86.7 Å². The molecule has 3 aliphatic rings. The Bertz CT molecular complexity index is 2610. The molecular formula is C52H58F3N7O4. The monoisotopic (exact) mass is 901 g/mol. The van der Waals surface area contributed by atoms with Crippen molar-refractivity contribution in [2.45, 2.75) is 90.3 Å². The predicted molar refractivity (Wildman–Crippen MR) is 248 cm³/mol. The third-order valence-electron chi connectivity index (χ3n) is 13.5. The maximum absolute atomic E-state index is 14.5. The Morgan fingerprint density at radius 3 is 2.42 bits per heavy atom. The van der Waals surface area contributed by atoms with E-state index in [2.05, 4.69) is 37.1 Å². The normalized spacial score (nSPS) is 18.2. The van der Waals surface area contributed by atoms with E-state index in [1.54, 1.807) is 47.2 Å². The van der Waals surface area contributed by atoms with E-state index in [1.807, 2.05) is 37.3 Å². The van der Waals surface area contributed by atoms with E-state index < -0.39 is 23.6 Å². The van der Waals surface area contributed by atoms with Crippen LogP contribution in [0.3, 0.4) is 0 Å². The summed E-state index contributed by atoms with van der Waals surface area (Å²) >= 11 is 0. The quantitative estimate of drug-likeness (QED) is 0.0475. The molecule has 14 heteroatoms. The summed E-state index contributed by atoms with van der Waals surface area (Å²) in [4.78, 5) is 61.6. The largest absolute Gasteiger partial charge is 0.416 e. The van der Waals surface area contributed by atoms with Crippen LogP contribution in [0.25, 0.3) is 5.65 Å². The molecular weight excluding hydrogens is 844 g/mol. The van der Waals surface area contributed by atoms with Gasteiger partial charge in [0, 0.05) is 74.4 Å². The van der Waals surface area contributed by atoms with Crippen molar-refractivity contribution in [1.29, 1.82) is 0 Å². The van der Waals surface area contributed by atoms with Crippen molar-refractivity contribution < 1.29 is 32.3 Å². The molecule has 0 spiro atoms. The fourth-order valence-corrected chi connectivity index (χ4v) is 9.74.